The summed E-state index contributed by atoms with van der Waals surface area (Å²) in [4.78, 5) is 30.2. The molecule has 26 heavy (non-hydrogen) atoms. The third kappa shape index (κ3) is 3.36. The minimum atomic E-state index is -0.374. The number of anilines is 1. The molecule has 0 radical (unpaired) electrons. The van der Waals surface area contributed by atoms with Crippen molar-refractivity contribution in [2.75, 3.05) is 5.32 Å². The molecule has 0 spiro atoms. The van der Waals surface area contributed by atoms with E-state index in [-0.39, 0.29) is 18.0 Å². The van der Waals surface area contributed by atoms with Crippen molar-refractivity contribution in [3.8, 4) is 11.4 Å². The largest absolute Gasteiger partial charge is 0.340 e. The van der Waals surface area contributed by atoms with Gasteiger partial charge in [0, 0.05) is 29.0 Å². The van der Waals surface area contributed by atoms with Gasteiger partial charge in [-0.25, -0.2) is 9.89 Å². The zero-order valence-electron chi connectivity index (χ0n) is 13.7. The van der Waals surface area contributed by atoms with Gasteiger partial charge in [-0.05, 0) is 29.1 Å². The minimum Gasteiger partial charge on any atom is -0.326 e. The number of aromatic amines is 2. The Kier molecular flexibility index (Phi) is 4.03. The lowest BCUT2D eigenvalue weighted by atomic mass is 10.1. The third-order valence-electron chi connectivity index (χ3n) is 3.99. The maximum atomic E-state index is 12.4. The highest BCUT2D eigenvalue weighted by Gasteiger charge is 2.08. The van der Waals surface area contributed by atoms with E-state index in [0.29, 0.717) is 17.1 Å². The highest BCUT2D eigenvalue weighted by molar-refractivity contribution is 5.93. The molecule has 0 atom stereocenters. The smallest absolute Gasteiger partial charge is 0.326 e. The number of hydrogen-bond donors (Lipinski definition) is 3. The number of carbonyl (C=O) groups is 1. The fourth-order valence-electron chi connectivity index (χ4n) is 2.78. The van der Waals surface area contributed by atoms with Gasteiger partial charge in [0.1, 0.15) is 0 Å². The van der Waals surface area contributed by atoms with Crippen molar-refractivity contribution in [1.29, 1.82) is 0 Å². The Labute approximate surface area is 148 Å². The van der Waals surface area contributed by atoms with E-state index < -0.39 is 0 Å². The summed E-state index contributed by atoms with van der Waals surface area (Å²) >= 11 is 0. The number of aromatic nitrogens is 4. The Balaban J connectivity index is 1.49. The van der Waals surface area contributed by atoms with Crippen molar-refractivity contribution in [1.82, 2.24) is 20.2 Å². The van der Waals surface area contributed by atoms with E-state index in [9.17, 15) is 9.59 Å². The minimum absolute atomic E-state index is 0.119. The number of H-pyrrole nitrogens is 2. The van der Waals surface area contributed by atoms with Gasteiger partial charge in [0.05, 0.1) is 6.42 Å². The molecule has 0 unspecified atom stereocenters. The molecule has 7 heteroatoms. The molecular weight excluding hydrogens is 330 g/mol. The number of pyridine rings is 1. The van der Waals surface area contributed by atoms with E-state index in [1.807, 2.05) is 24.3 Å². The van der Waals surface area contributed by atoms with Gasteiger partial charge in [0.25, 0.3) is 0 Å². The second-order valence-electron chi connectivity index (χ2n) is 5.89. The van der Waals surface area contributed by atoms with Gasteiger partial charge in [-0.1, -0.05) is 30.3 Å². The van der Waals surface area contributed by atoms with Crippen LogP contribution in [-0.4, -0.2) is 26.1 Å². The van der Waals surface area contributed by atoms with Crippen LogP contribution in [0.1, 0.15) is 5.56 Å². The lowest BCUT2D eigenvalue weighted by Gasteiger charge is -2.07. The molecule has 0 aliphatic heterocycles. The Bertz CT molecular complexity index is 1150. The topological polar surface area (TPSA) is 104 Å². The maximum absolute atomic E-state index is 12.4. The van der Waals surface area contributed by atoms with Crippen molar-refractivity contribution < 1.29 is 4.79 Å². The predicted octanol–water partition coefficient (Wildman–Crippen LogP) is 2.49. The molecule has 2 aromatic carbocycles. The first kappa shape index (κ1) is 15.8. The lowest BCUT2D eigenvalue weighted by molar-refractivity contribution is -0.115. The van der Waals surface area contributed by atoms with E-state index in [1.165, 1.54) is 0 Å². The zero-order valence-corrected chi connectivity index (χ0v) is 13.7. The molecule has 7 nitrogen and oxygen atoms in total. The number of benzene rings is 2. The van der Waals surface area contributed by atoms with Crippen LogP contribution in [0.5, 0.6) is 0 Å². The SMILES string of the molecule is O=C(Cc1ccc2cnccc2c1)Nc1cccc(-c2n[nH]c(=O)[nH]2)c1. The van der Waals surface area contributed by atoms with Crippen LogP contribution in [0.4, 0.5) is 5.69 Å². The van der Waals surface area contributed by atoms with Crippen LogP contribution in [0.25, 0.3) is 22.2 Å². The molecule has 1 amide bonds. The highest BCUT2D eigenvalue weighted by atomic mass is 16.2. The second-order valence-corrected chi connectivity index (χ2v) is 5.89. The molecule has 3 N–H and O–H groups in total. The normalized spacial score (nSPS) is 10.8. The molecule has 4 aromatic rings. The third-order valence-corrected chi connectivity index (χ3v) is 3.99. The molecule has 0 aliphatic carbocycles. The van der Waals surface area contributed by atoms with E-state index in [1.54, 1.807) is 36.7 Å². The standard InChI is InChI=1S/C19H15N5O2/c25-17(9-12-4-5-15-11-20-7-6-13(15)8-12)21-16-3-1-2-14(10-16)18-22-19(26)24-23-18/h1-8,10-11H,9H2,(H,21,25)(H2,22,23,24,26). The van der Waals surface area contributed by atoms with Crippen molar-refractivity contribution in [2.45, 2.75) is 6.42 Å². The first-order valence-corrected chi connectivity index (χ1v) is 8.05. The van der Waals surface area contributed by atoms with E-state index >= 15 is 0 Å². The van der Waals surface area contributed by atoms with Crippen LogP contribution in [0, 0.1) is 0 Å². The number of nitrogens with one attached hydrogen (secondary N) is 3. The molecule has 4 rings (SSSR count). The summed E-state index contributed by atoms with van der Waals surface area (Å²) in [6, 6.07) is 14.9. The Hall–Kier alpha value is -3.74. The Morgan fingerprint density at radius 2 is 2.00 bits per heavy atom. The van der Waals surface area contributed by atoms with Gasteiger partial charge in [-0.15, -0.1) is 0 Å². The second kappa shape index (κ2) is 6.64. The summed E-state index contributed by atoms with van der Waals surface area (Å²) < 4.78 is 0. The summed E-state index contributed by atoms with van der Waals surface area (Å²) in [5.74, 6) is 0.306. The van der Waals surface area contributed by atoms with Crippen LogP contribution < -0.4 is 11.0 Å². The number of amides is 1. The molecule has 2 heterocycles. The van der Waals surface area contributed by atoms with Gasteiger partial charge in [-0.2, -0.15) is 5.10 Å². The summed E-state index contributed by atoms with van der Waals surface area (Å²) in [7, 11) is 0. The number of nitrogens with zero attached hydrogens (tertiary/aromatic N) is 2. The fraction of sp³-hybridized carbons (Fsp3) is 0.0526. The number of fused-ring (bicyclic) bond motifs is 1. The average Bonchev–Trinajstić information content (AvgIpc) is 3.08. The quantitative estimate of drug-likeness (QED) is 0.528. The van der Waals surface area contributed by atoms with Gasteiger partial charge in [-0.3, -0.25) is 14.8 Å². The molecule has 0 bridgehead atoms. The van der Waals surface area contributed by atoms with Crippen LogP contribution in [0.15, 0.2) is 65.7 Å². The first-order chi connectivity index (χ1) is 12.7. The van der Waals surface area contributed by atoms with Gasteiger partial charge >= 0.3 is 5.69 Å². The Morgan fingerprint density at radius 1 is 1.08 bits per heavy atom. The molecule has 0 saturated heterocycles. The van der Waals surface area contributed by atoms with E-state index in [4.69, 9.17) is 0 Å². The predicted molar refractivity (Wildman–Crippen MR) is 98.7 cm³/mol. The summed E-state index contributed by atoms with van der Waals surface area (Å²) in [5, 5.41) is 11.2. The average molecular weight is 345 g/mol. The fourth-order valence-corrected chi connectivity index (χ4v) is 2.78. The summed E-state index contributed by atoms with van der Waals surface area (Å²) in [6.07, 6.45) is 3.79. The number of carbonyl (C=O) groups excluding carboxylic acids is 1. The molecule has 0 fully saturated rings. The van der Waals surface area contributed by atoms with Crippen LogP contribution in [0.3, 0.4) is 0 Å². The molecule has 0 saturated carbocycles. The monoisotopic (exact) mass is 345 g/mol. The molecule has 128 valence electrons. The van der Waals surface area contributed by atoms with Gasteiger partial charge in [0.2, 0.25) is 5.91 Å². The number of rotatable bonds is 4. The van der Waals surface area contributed by atoms with E-state index in [0.717, 1.165) is 16.3 Å². The first-order valence-electron chi connectivity index (χ1n) is 8.05. The van der Waals surface area contributed by atoms with Crippen molar-refractivity contribution in [3.05, 3.63) is 77.0 Å². The zero-order chi connectivity index (χ0) is 17.9. The summed E-state index contributed by atoms with van der Waals surface area (Å²) in [5.41, 5.74) is 1.90. The highest BCUT2D eigenvalue weighted by Crippen LogP contribution is 2.19. The summed E-state index contributed by atoms with van der Waals surface area (Å²) in [6.45, 7) is 0. The Morgan fingerprint density at radius 3 is 2.85 bits per heavy atom. The van der Waals surface area contributed by atoms with Crippen LogP contribution in [0.2, 0.25) is 0 Å². The van der Waals surface area contributed by atoms with Crippen LogP contribution >= 0.6 is 0 Å². The van der Waals surface area contributed by atoms with E-state index in [2.05, 4.69) is 25.5 Å². The maximum Gasteiger partial charge on any atom is 0.340 e. The molecule has 0 aliphatic rings. The number of hydrogen-bond acceptors (Lipinski definition) is 4. The molecule has 2 aromatic heterocycles. The van der Waals surface area contributed by atoms with Gasteiger partial charge in [0.15, 0.2) is 5.82 Å². The van der Waals surface area contributed by atoms with Crippen molar-refractivity contribution in [2.24, 2.45) is 0 Å². The van der Waals surface area contributed by atoms with Crippen molar-refractivity contribution in [3.63, 3.8) is 0 Å². The van der Waals surface area contributed by atoms with Crippen LogP contribution in [-0.2, 0) is 11.2 Å². The lowest BCUT2D eigenvalue weighted by Crippen LogP contribution is -2.14. The van der Waals surface area contributed by atoms with Crippen molar-refractivity contribution >= 4 is 22.4 Å². The van der Waals surface area contributed by atoms with Gasteiger partial charge < -0.3 is 5.32 Å². The molecular formula is C19H15N5O2.